The molecule has 24 heteroatoms. The smallest absolute Gasteiger partial charge is 0.493 e. The van der Waals surface area contributed by atoms with Crippen molar-refractivity contribution in [3.05, 3.63) is 78.7 Å². The maximum Gasteiger partial charge on any atom is 0.573 e. The number of pyridine rings is 1. The van der Waals surface area contributed by atoms with E-state index in [0.717, 1.165) is 41.2 Å². The highest BCUT2D eigenvalue weighted by Crippen LogP contribution is 2.53. The van der Waals surface area contributed by atoms with Gasteiger partial charge in [0.15, 0.2) is 28.6 Å². The maximum absolute atomic E-state index is 13.2. The molecule has 2 saturated carbocycles. The number of fused-ring (bicyclic) bond motifs is 1. The molecule has 2 aromatic carbocycles. The summed E-state index contributed by atoms with van der Waals surface area (Å²) >= 11 is 15.8. The number of thiazole rings is 2. The number of rotatable bonds is 12. The molecule has 10 rings (SSSR count). The van der Waals surface area contributed by atoms with E-state index in [1.54, 1.807) is 40.2 Å². The zero-order valence-electron chi connectivity index (χ0n) is 41.4. The molecule has 0 unspecified atom stereocenters. The topological polar surface area (TPSA) is 143 Å². The van der Waals surface area contributed by atoms with Crippen molar-refractivity contribution in [1.29, 1.82) is 0 Å². The van der Waals surface area contributed by atoms with Crippen LogP contribution >= 0.6 is 45.9 Å². The Morgan fingerprint density at radius 3 is 1.56 bits per heavy atom. The van der Waals surface area contributed by atoms with Gasteiger partial charge in [0.2, 0.25) is 5.91 Å². The first-order valence-corrected chi connectivity index (χ1v) is 26.7. The van der Waals surface area contributed by atoms with Crippen LogP contribution in [0.3, 0.4) is 0 Å². The number of hydrogen-bond donors (Lipinski definition) is 0. The highest BCUT2D eigenvalue weighted by Gasteiger charge is 2.39. The Morgan fingerprint density at radius 1 is 0.667 bits per heavy atom. The number of aromatic nitrogens is 5. The Kier molecular flexibility index (Phi) is 15.8. The van der Waals surface area contributed by atoms with Crippen LogP contribution in [0, 0.1) is 0 Å². The average molecular weight is 1130 g/mol. The largest absolute Gasteiger partial charge is 0.573 e. The molecule has 0 atom stereocenters. The van der Waals surface area contributed by atoms with Gasteiger partial charge in [-0.25, -0.2) is 24.7 Å². The first kappa shape index (κ1) is 54.2. The molecule has 4 aliphatic rings. The van der Waals surface area contributed by atoms with Crippen molar-refractivity contribution in [1.82, 2.24) is 34.3 Å². The number of nitrogens with zero attached hydrogens (tertiary/aromatic N) is 7. The van der Waals surface area contributed by atoms with Crippen molar-refractivity contribution in [3.8, 4) is 45.5 Å². The molecule has 0 spiro atoms. The third-order valence-corrected chi connectivity index (χ3v) is 16.0. The van der Waals surface area contributed by atoms with Crippen LogP contribution in [0.4, 0.5) is 31.1 Å². The first-order valence-electron chi connectivity index (χ1n) is 24.3. The molecule has 6 heterocycles. The van der Waals surface area contributed by atoms with Gasteiger partial charge in [0.25, 0.3) is 0 Å². The summed E-state index contributed by atoms with van der Waals surface area (Å²) in [5.41, 5.74) is 3.96. The number of likely N-dealkylation sites (tertiary alicyclic amines) is 2. The lowest BCUT2D eigenvalue weighted by molar-refractivity contribution is -0.276. The van der Waals surface area contributed by atoms with Gasteiger partial charge in [0.1, 0.15) is 37.7 Å². The molecule has 14 nitrogen and oxygen atoms in total. The van der Waals surface area contributed by atoms with E-state index >= 15 is 0 Å². The van der Waals surface area contributed by atoms with Crippen molar-refractivity contribution in [2.75, 3.05) is 40.4 Å². The van der Waals surface area contributed by atoms with Crippen LogP contribution in [-0.2, 0) is 16.1 Å². The fraction of sp³-hybridized carbons (Fsp3) is 0.490. The number of amides is 2. The van der Waals surface area contributed by atoms with Gasteiger partial charge < -0.3 is 38.1 Å². The lowest BCUT2D eigenvalue weighted by atomic mass is 9.97. The Morgan fingerprint density at radius 2 is 1.13 bits per heavy atom. The molecular formula is C51H53Cl2F6N7O7S2. The zero-order chi connectivity index (χ0) is 53.6. The summed E-state index contributed by atoms with van der Waals surface area (Å²) < 4.78 is 106. The number of carbonyl (C=O) groups excluding carboxylic acids is 2. The van der Waals surface area contributed by atoms with Crippen LogP contribution in [-0.4, -0.2) is 105 Å². The van der Waals surface area contributed by atoms with E-state index in [1.807, 2.05) is 31.7 Å². The minimum atomic E-state index is -4.86. The third kappa shape index (κ3) is 13.2. The van der Waals surface area contributed by atoms with Crippen LogP contribution in [0.2, 0.25) is 8.67 Å². The fourth-order valence-electron chi connectivity index (χ4n) is 9.36. The van der Waals surface area contributed by atoms with E-state index in [9.17, 15) is 35.9 Å². The fourth-order valence-corrected chi connectivity index (χ4v) is 12.1. The van der Waals surface area contributed by atoms with Crippen molar-refractivity contribution in [2.24, 2.45) is 0 Å². The molecular weight excluding hydrogens is 1070 g/mol. The van der Waals surface area contributed by atoms with Gasteiger partial charge in [-0.3, -0.25) is 4.79 Å². The van der Waals surface area contributed by atoms with Crippen LogP contribution in [0.5, 0.6) is 23.0 Å². The first-order chi connectivity index (χ1) is 35.5. The summed E-state index contributed by atoms with van der Waals surface area (Å²) in [5.74, 6) is -0.205. The van der Waals surface area contributed by atoms with Gasteiger partial charge in [-0.2, -0.15) is 0 Å². The number of hydrogen-bond acceptors (Lipinski definition) is 13. The number of alkyl halides is 6. The maximum atomic E-state index is 13.2. The van der Waals surface area contributed by atoms with Crippen molar-refractivity contribution < 1.29 is 59.6 Å². The van der Waals surface area contributed by atoms with Gasteiger partial charge in [0.05, 0.1) is 30.6 Å². The molecule has 4 aromatic heterocycles. The molecule has 402 valence electrons. The second-order valence-electron chi connectivity index (χ2n) is 19.8. The number of piperidine rings is 2. The van der Waals surface area contributed by atoms with E-state index in [2.05, 4.69) is 19.4 Å². The summed E-state index contributed by atoms with van der Waals surface area (Å²) in [4.78, 5) is 46.9. The number of benzene rings is 2. The monoisotopic (exact) mass is 1120 g/mol. The van der Waals surface area contributed by atoms with E-state index in [1.165, 1.54) is 49.0 Å². The highest BCUT2D eigenvalue weighted by atomic mass is 35.5. The van der Waals surface area contributed by atoms with E-state index in [0.29, 0.717) is 99.8 Å². The number of ether oxygens (including phenoxy) is 5. The molecule has 0 radical (unpaired) electrons. The predicted octanol–water partition coefficient (Wildman–Crippen LogP) is 13.8. The minimum absolute atomic E-state index is 0.00991. The van der Waals surface area contributed by atoms with Crippen molar-refractivity contribution in [3.63, 3.8) is 0 Å². The summed E-state index contributed by atoms with van der Waals surface area (Å²) in [7, 11) is 2.67. The summed E-state index contributed by atoms with van der Waals surface area (Å²) in [5, 5.41) is 1.61. The van der Waals surface area contributed by atoms with E-state index < -0.39 is 29.8 Å². The average Bonchev–Trinajstić information content (AvgIpc) is 4.28. The highest BCUT2D eigenvalue weighted by molar-refractivity contribution is 7.16. The Labute approximate surface area is 446 Å². The quantitative estimate of drug-likeness (QED) is 0.108. The Hall–Kier alpha value is -5.58. The zero-order valence-corrected chi connectivity index (χ0v) is 44.6. The van der Waals surface area contributed by atoms with Crippen LogP contribution in [0.15, 0.2) is 48.9 Å². The van der Waals surface area contributed by atoms with Gasteiger partial charge in [-0.1, -0.05) is 23.2 Å². The summed E-state index contributed by atoms with van der Waals surface area (Å²) in [6.45, 7) is 7.84. The lowest BCUT2D eigenvalue weighted by Crippen LogP contribution is -2.41. The molecule has 6 aromatic rings. The van der Waals surface area contributed by atoms with Crippen LogP contribution in [0.25, 0.3) is 33.7 Å². The Balaban J connectivity index is 0.000000186. The normalized spacial score (nSPS) is 16.9. The SMILES string of the molecule is COc1c(OC(F)(F)F)cc(-c2nc(C3CCN(C(=O)Cn4cnc5cccnc54)CC3)sc2Cl)cc1C1CC1.COc1c(OC(F)(F)F)cc(-c2nc(C3CCN(C(=O)OC(C)(C)C)CC3)sc2Cl)cc1C1CC1. The minimum Gasteiger partial charge on any atom is -0.493 e. The summed E-state index contributed by atoms with van der Waals surface area (Å²) in [6.07, 6.45) is -0.478. The molecule has 2 aliphatic heterocycles. The number of carbonyl (C=O) groups is 2. The number of halogens is 8. The van der Waals surface area contributed by atoms with Gasteiger partial charge >= 0.3 is 18.8 Å². The number of imidazole rings is 1. The molecule has 2 aliphatic carbocycles. The third-order valence-electron chi connectivity index (χ3n) is 13.2. The standard InChI is InChI=1S/C27H25ClF3N5O3S.C24H28ClF3N2O4S/c1-38-23-18(15-4-5-15)11-17(12-20(23)39-27(29,30)31)22-24(28)40-26(34-22)16-6-9-35(10-7-16)21(37)13-36-14-33-19-3-2-8-32-25(19)36;1-23(2,3)34-22(31)30-9-7-14(8-10-30)21-29-18(20(25)35-21)15-11-16(13-5-6-13)19(32-4)17(12-15)33-24(26,27)28/h2-3,8,11-12,14-16H,4-7,9-10,13H2,1H3;11-14H,5-10H2,1-4H3. The predicted molar refractivity (Wildman–Crippen MR) is 271 cm³/mol. The van der Waals surface area contributed by atoms with Gasteiger partial charge in [0, 0.05) is 66.5 Å². The van der Waals surface area contributed by atoms with Gasteiger partial charge in [-0.05, 0) is 120 Å². The lowest BCUT2D eigenvalue weighted by Gasteiger charge is -2.32. The van der Waals surface area contributed by atoms with E-state index in [4.69, 9.17) is 47.4 Å². The molecule has 0 N–H and O–H groups in total. The molecule has 0 bridgehead atoms. The molecule has 2 amide bonds. The van der Waals surface area contributed by atoms with Crippen LogP contribution < -0.4 is 18.9 Å². The van der Waals surface area contributed by atoms with E-state index in [-0.39, 0.29) is 53.7 Å². The summed E-state index contributed by atoms with van der Waals surface area (Å²) in [6, 6.07) is 9.84. The molecule has 75 heavy (non-hydrogen) atoms. The second kappa shape index (κ2) is 21.8. The second-order valence-corrected chi connectivity index (χ2v) is 23.1. The van der Waals surface area contributed by atoms with Crippen molar-refractivity contribution >= 4 is 69.0 Å². The van der Waals surface area contributed by atoms with Gasteiger partial charge in [-0.15, -0.1) is 49.0 Å². The Bertz CT molecular complexity index is 3050. The molecule has 2 saturated heterocycles. The number of methoxy groups -OCH3 is 2. The van der Waals surface area contributed by atoms with Crippen LogP contribution in [0.1, 0.15) is 117 Å². The molecule has 4 fully saturated rings. The van der Waals surface area contributed by atoms with Crippen molar-refractivity contribution in [2.45, 2.75) is 121 Å².